The highest BCUT2D eigenvalue weighted by Crippen LogP contribution is 2.25. The third-order valence-electron chi connectivity index (χ3n) is 2.24. The molecule has 17 heavy (non-hydrogen) atoms. The van der Waals surface area contributed by atoms with Gasteiger partial charge in [-0.15, -0.1) is 11.3 Å². The summed E-state index contributed by atoms with van der Waals surface area (Å²) in [5.74, 6) is 0.301. The maximum atomic E-state index is 13.0. The van der Waals surface area contributed by atoms with E-state index < -0.39 is 0 Å². The summed E-state index contributed by atoms with van der Waals surface area (Å²) in [4.78, 5) is 1.02. The van der Waals surface area contributed by atoms with Crippen LogP contribution in [-0.4, -0.2) is 0 Å². The molecule has 0 unspecified atom stereocenters. The van der Waals surface area contributed by atoms with Crippen LogP contribution < -0.4 is 10.5 Å². The van der Waals surface area contributed by atoms with Crippen molar-refractivity contribution >= 4 is 22.9 Å². The second-order valence-corrected chi connectivity index (χ2v) is 5.25. The maximum Gasteiger partial charge on any atom is 0.124 e. The molecule has 2 nitrogen and oxygen atoms in total. The van der Waals surface area contributed by atoms with Crippen molar-refractivity contribution in [3.63, 3.8) is 0 Å². The maximum absolute atomic E-state index is 13.0. The van der Waals surface area contributed by atoms with Crippen LogP contribution in [0.3, 0.4) is 0 Å². The fourth-order valence-electron chi connectivity index (χ4n) is 1.43. The molecule has 2 aromatic rings. The Morgan fingerprint density at radius 2 is 2.12 bits per heavy atom. The first-order valence-corrected chi connectivity index (χ1v) is 6.24. The van der Waals surface area contributed by atoms with Gasteiger partial charge in [0.1, 0.15) is 18.2 Å². The van der Waals surface area contributed by atoms with Crippen molar-refractivity contribution in [2.24, 2.45) is 5.73 Å². The Balaban J connectivity index is 2.08. The van der Waals surface area contributed by atoms with Crippen molar-refractivity contribution < 1.29 is 9.13 Å². The molecule has 0 aliphatic carbocycles. The van der Waals surface area contributed by atoms with E-state index in [-0.39, 0.29) is 12.4 Å². The summed E-state index contributed by atoms with van der Waals surface area (Å²) >= 11 is 7.27. The molecule has 1 aromatic heterocycles. The monoisotopic (exact) mass is 271 g/mol. The van der Waals surface area contributed by atoms with Crippen LogP contribution in [0.25, 0.3) is 0 Å². The van der Waals surface area contributed by atoms with E-state index >= 15 is 0 Å². The number of ether oxygens (including phenoxy) is 1. The minimum absolute atomic E-state index is 0.248. The van der Waals surface area contributed by atoms with Gasteiger partial charge in [0.05, 0.1) is 4.34 Å². The SMILES string of the molecule is NCc1cc(F)ccc1OCc1ccc(Cl)s1. The quantitative estimate of drug-likeness (QED) is 0.922. The van der Waals surface area contributed by atoms with Crippen molar-refractivity contribution in [3.8, 4) is 5.75 Å². The zero-order valence-corrected chi connectivity index (χ0v) is 10.5. The number of benzene rings is 1. The van der Waals surface area contributed by atoms with Crippen LogP contribution in [-0.2, 0) is 13.2 Å². The number of hydrogen-bond donors (Lipinski definition) is 1. The van der Waals surface area contributed by atoms with E-state index in [0.29, 0.717) is 17.9 Å². The van der Waals surface area contributed by atoms with E-state index in [0.717, 1.165) is 9.21 Å². The van der Waals surface area contributed by atoms with Crippen LogP contribution in [0.15, 0.2) is 30.3 Å². The number of hydrogen-bond acceptors (Lipinski definition) is 3. The highest BCUT2D eigenvalue weighted by molar-refractivity contribution is 7.16. The molecular weight excluding hydrogens is 261 g/mol. The van der Waals surface area contributed by atoms with Gasteiger partial charge in [0.15, 0.2) is 0 Å². The minimum atomic E-state index is -0.308. The van der Waals surface area contributed by atoms with E-state index in [4.69, 9.17) is 22.1 Å². The van der Waals surface area contributed by atoms with E-state index in [9.17, 15) is 4.39 Å². The molecule has 0 radical (unpaired) electrons. The summed E-state index contributed by atoms with van der Waals surface area (Å²) in [5.41, 5.74) is 6.19. The van der Waals surface area contributed by atoms with Crippen LogP contribution in [0.5, 0.6) is 5.75 Å². The Morgan fingerprint density at radius 1 is 1.29 bits per heavy atom. The Bertz CT molecular complexity index is 515. The van der Waals surface area contributed by atoms with Crippen LogP contribution in [0.4, 0.5) is 4.39 Å². The van der Waals surface area contributed by atoms with Gasteiger partial charge in [-0.25, -0.2) is 4.39 Å². The van der Waals surface area contributed by atoms with Crippen LogP contribution >= 0.6 is 22.9 Å². The standard InChI is InChI=1S/C12H11ClFNOS/c13-12-4-2-10(17-12)7-16-11-3-1-9(14)5-8(11)6-15/h1-5H,6-7,15H2. The summed E-state index contributed by atoms with van der Waals surface area (Å²) in [6.07, 6.45) is 0. The average molecular weight is 272 g/mol. The van der Waals surface area contributed by atoms with Gasteiger partial charge < -0.3 is 10.5 Å². The molecule has 0 atom stereocenters. The summed E-state index contributed by atoms with van der Waals surface area (Å²) in [5, 5.41) is 0. The molecule has 2 N–H and O–H groups in total. The summed E-state index contributed by atoms with van der Waals surface area (Å²) in [6.45, 7) is 0.661. The Kier molecular flexibility index (Phi) is 3.99. The lowest BCUT2D eigenvalue weighted by Gasteiger charge is -2.09. The molecule has 0 aliphatic heterocycles. The van der Waals surface area contributed by atoms with Crippen molar-refractivity contribution in [2.75, 3.05) is 0 Å². The van der Waals surface area contributed by atoms with Crippen LogP contribution in [0.2, 0.25) is 4.34 Å². The van der Waals surface area contributed by atoms with Gasteiger partial charge in [0, 0.05) is 17.0 Å². The molecule has 0 bridgehead atoms. The number of halogens is 2. The van der Waals surface area contributed by atoms with Crippen LogP contribution in [0, 0.1) is 5.82 Å². The van der Waals surface area contributed by atoms with Crippen molar-refractivity contribution in [3.05, 3.63) is 50.9 Å². The Labute approximate surface area is 108 Å². The zero-order valence-electron chi connectivity index (χ0n) is 8.95. The van der Waals surface area contributed by atoms with Gasteiger partial charge >= 0.3 is 0 Å². The van der Waals surface area contributed by atoms with E-state index in [1.54, 1.807) is 6.07 Å². The first kappa shape index (κ1) is 12.4. The third kappa shape index (κ3) is 3.19. The normalized spacial score (nSPS) is 10.5. The van der Waals surface area contributed by atoms with E-state index in [1.165, 1.54) is 23.5 Å². The fourth-order valence-corrected chi connectivity index (χ4v) is 2.43. The van der Waals surface area contributed by atoms with Gasteiger partial charge in [-0.05, 0) is 30.3 Å². The zero-order chi connectivity index (χ0) is 12.3. The minimum Gasteiger partial charge on any atom is -0.488 e. The van der Waals surface area contributed by atoms with E-state index in [1.807, 2.05) is 12.1 Å². The van der Waals surface area contributed by atoms with Gasteiger partial charge in [-0.1, -0.05) is 11.6 Å². The van der Waals surface area contributed by atoms with E-state index in [2.05, 4.69) is 0 Å². The van der Waals surface area contributed by atoms with Gasteiger partial charge in [-0.2, -0.15) is 0 Å². The second-order valence-electron chi connectivity index (χ2n) is 3.45. The molecule has 90 valence electrons. The molecule has 2 rings (SSSR count). The Morgan fingerprint density at radius 3 is 2.76 bits per heavy atom. The first-order chi connectivity index (χ1) is 8.19. The molecule has 0 aliphatic rings. The summed E-state index contributed by atoms with van der Waals surface area (Å²) in [6, 6.07) is 8.05. The molecule has 0 amide bonds. The second kappa shape index (κ2) is 5.49. The Hall–Kier alpha value is -1.10. The lowest BCUT2D eigenvalue weighted by Crippen LogP contribution is -2.02. The van der Waals surface area contributed by atoms with Gasteiger partial charge in [-0.3, -0.25) is 0 Å². The third-order valence-corrected chi connectivity index (χ3v) is 3.45. The lowest BCUT2D eigenvalue weighted by atomic mass is 10.2. The molecule has 5 heteroatoms. The largest absolute Gasteiger partial charge is 0.488 e. The molecule has 1 heterocycles. The molecule has 0 saturated heterocycles. The number of nitrogens with two attached hydrogens (primary N) is 1. The van der Waals surface area contributed by atoms with Gasteiger partial charge in [0.2, 0.25) is 0 Å². The van der Waals surface area contributed by atoms with Crippen molar-refractivity contribution in [1.29, 1.82) is 0 Å². The van der Waals surface area contributed by atoms with Crippen molar-refractivity contribution in [1.82, 2.24) is 0 Å². The molecular formula is C12H11ClFNOS. The predicted molar refractivity (Wildman–Crippen MR) is 68.0 cm³/mol. The lowest BCUT2D eigenvalue weighted by molar-refractivity contribution is 0.306. The molecule has 0 spiro atoms. The molecule has 0 fully saturated rings. The number of rotatable bonds is 4. The van der Waals surface area contributed by atoms with Crippen LogP contribution in [0.1, 0.15) is 10.4 Å². The fraction of sp³-hybridized carbons (Fsp3) is 0.167. The average Bonchev–Trinajstić information content (AvgIpc) is 2.73. The van der Waals surface area contributed by atoms with Gasteiger partial charge in [0.25, 0.3) is 0 Å². The summed E-state index contributed by atoms with van der Waals surface area (Å²) < 4.78 is 19.3. The highest BCUT2D eigenvalue weighted by Gasteiger charge is 2.05. The summed E-state index contributed by atoms with van der Waals surface area (Å²) in [7, 11) is 0. The topological polar surface area (TPSA) is 35.2 Å². The highest BCUT2D eigenvalue weighted by atomic mass is 35.5. The molecule has 0 saturated carbocycles. The first-order valence-electron chi connectivity index (χ1n) is 5.04. The number of thiophene rings is 1. The smallest absolute Gasteiger partial charge is 0.124 e. The molecule has 1 aromatic carbocycles. The van der Waals surface area contributed by atoms with Crippen molar-refractivity contribution in [2.45, 2.75) is 13.2 Å². The predicted octanol–water partition coefficient (Wildman–Crippen LogP) is 3.58.